The predicted molar refractivity (Wildman–Crippen MR) is 95.2 cm³/mol. The van der Waals surface area contributed by atoms with Crippen LogP contribution in [0.1, 0.15) is 25.7 Å². The van der Waals surface area contributed by atoms with Crippen LogP contribution in [0.25, 0.3) is 5.69 Å². The van der Waals surface area contributed by atoms with Crippen LogP contribution in [0.15, 0.2) is 41.6 Å². The van der Waals surface area contributed by atoms with E-state index in [0.29, 0.717) is 18.0 Å². The van der Waals surface area contributed by atoms with Crippen LogP contribution in [0.2, 0.25) is 0 Å². The van der Waals surface area contributed by atoms with Gasteiger partial charge in [0, 0.05) is 6.04 Å². The number of hydrogen-bond acceptors (Lipinski definition) is 5. The van der Waals surface area contributed by atoms with Crippen molar-refractivity contribution >= 4 is 10.0 Å². The second-order valence-electron chi connectivity index (χ2n) is 6.30. The molecule has 1 aromatic carbocycles. The van der Waals surface area contributed by atoms with Crippen LogP contribution >= 0.6 is 0 Å². The Morgan fingerprint density at radius 3 is 2.84 bits per heavy atom. The fourth-order valence-corrected chi connectivity index (χ4v) is 4.58. The van der Waals surface area contributed by atoms with E-state index in [-0.39, 0.29) is 16.9 Å². The van der Waals surface area contributed by atoms with Crippen molar-refractivity contribution in [2.75, 3.05) is 13.7 Å². The summed E-state index contributed by atoms with van der Waals surface area (Å²) in [5.74, 6) is 0.811. The average molecular weight is 364 g/mol. The molecule has 8 heteroatoms. The van der Waals surface area contributed by atoms with Crippen LogP contribution in [0, 0.1) is 5.92 Å². The maximum absolute atomic E-state index is 12.7. The van der Waals surface area contributed by atoms with Crippen LogP contribution in [0.5, 0.6) is 5.75 Å². The summed E-state index contributed by atoms with van der Waals surface area (Å²) in [6, 6.07) is 7.21. The monoisotopic (exact) mass is 364 g/mol. The summed E-state index contributed by atoms with van der Waals surface area (Å²) in [5.41, 5.74) is 6.48. The molecule has 1 aliphatic carbocycles. The van der Waals surface area contributed by atoms with E-state index >= 15 is 0 Å². The van der Waals surface area contributed by atoms with E-state index in [9.17, 15) is 8.42 Å². The van der Waals surface area contributed by atoms with Crippen molar-refractivity contribution in [3.05, 3.63) is 36.7 Å². The van der Waals surface area contributed by atoms with Gasteiger partial charge in [-0.25, -0.2) is 17.8 Å². The lowest BCUT2D eigenvalue weighted by Crippen LogP contribution is -2.44. The molecule has 2 atom stereocenters. The standard InChI is InChI=1S/C17H24N4O3S/c1-24-17-9-5-4-8-16(17)21-12-14(11-19-21)25(22,23)20-15-7-3-2-6-13(15)10-18/h4-5,8-9,11-13,15,20H,2-3,6-7,10,18H2,1H3. The lowest BCUT2D eigenvalue weighted by atomic mass is 9.85. The van der Waals surface area contributed by atoms with Gasteiger partial charge in [-0.2, -0.15) is 5.10 Å². The molecule has 1 fully saturated rings. The normalized spacial score (nSPS) is 21.2. The molecule has 2 aromatic rings. The molecule has 136 valence electrons. The SMILES string of the molecule is COc1ccccc1-n1cc(S(=O)(=O)NC2CCCCC2CN)cn1. The van der Waals surface area contributed by atoms with Gasteiger partial charge in [-0.1, -0.05) is 25.0 Å². The fraction of sp³-hybridized carbons (Fsp3) is 0.471. The number of nitrogens with two attached hydrogens (primary N) is 1. The molecule has 0 amide bonds. The Balaban J connectivity index is 1.83. The van der Waals surface area contributed by atoms with Crippen molar-refractivity contribution < 1.29 is 13.2 Å². The molecule has 1 aromatic heterocycles. The van der Waals surface area contributed by atoms with Crippen molar-refractivity contribution in [2.24, 2.45) is 11.7 Å². The highest BCUT2D eigenvalue weighted by Crippen LogP contribution is 2.26. The summed E-state index contributed by atoms with van der Waals surface area (Å²) in [6.07, 6.45) is 6.76. The summed E-state index contributed by atoms with van der Waals surface area (Å²) in [7, 11) is -2.07. The highest BCUT2D eigenvalue weighted by molar-refractivity contribution is 7.89. The molecule has 0 aliphatic heterocycles. The van der Waals surface area contributed by atoms with Gasteiger partial charge >= 0.3 is 0 Å². The van der Waals surface area contributed by atoms with Crippen molar-refractivity contribution in [1.29, 1.82) is 0 Å². The third kappa shape index (κ3) is 3.86. The number of nitrogens with zero attached hydrogens (tertiary/aromatic N) is 2. The Labute approximate surface area is 148 Å². The number of para-hydroxylation sites is 2. The minimum absolute atomic E-state index is 0.113. The van der Waals surface area contributed by atoms with Crippen LogP contribution in [-0.4, -0.2) is 37.9 Å². The van der Waals surface area contributed by atoms with E-state index in [4.69, 9.17) is 10.5 Å². The third-order valence-electron chi connectivity index (χ3n) is 4.72. The van der Waals surface area contributed by atoms with Gasteiger partial charge in [0.15, 0.2) is 0 Å². The molecule has 3 rings (SSSR count). The van der Waals surface area contributed by atoms with Gasteiger partial charge in [0.1, 0.15) is 16.3 Å². The molecule has 0 spiro atoms. The summed E-state index contributed by atoms with van der Waals surface area (Å²) >= 11 is 0. The van der Waals surface area contributed by atoms with E-state index < -0.39 is 10.0 Å². The molecule has 7 nitrogen and oxygen atoms in total. The first-order valence-corrected chi connectivity index (χ1v) is 9.94. The first kappa shape index (κ1) is 17.9. The van der Waals surface area contributed by atoms with Gasteiger partial charge in [-0.15, -0.1) is 0 Å². The van der Waals surface area contributed by atoms with Crippen LogP contribution in [0.3, 0.4) is 0 Å². The number of rotatable bonds is 6. The van der Waals surface area contributed by atoms with E-state index in [0.717, 1.165) is 25.7 Å². The minimum atomic E-state index is -3.64. The van der Waals surface area contributed by atoms with Crippen LogP contribution < -0.4 is 15.2 Å². The molecular formula is C17H24N4O3S. The Kier molecular flexibility index (Phi) is 5.41. The largest absolute Gasteiger partial charge is 0.494 e. The molecule has 0 saturated heterocycles. The van der Waals surface area contributed by atoms with Gasteiger partial charge in [0.2, 0.25) is 10.0 Å². The van der Waals surface area contributed by atoms with Crippen molar-refractivity contribution in [3.63, 3.8) is 0 Å². The molecular weight excluding hydrogens is 340 g/mol. The number of sulfonamides is 1. The zero-order chi connectivity index (χ0) is 17.9. The van der Waals surface area contributed by atoms with Gasteiger partial charge in [0.25, 0.3) is 0 Å². The van der Waals surface area contributed by atoms with Crippen LogP contribution in [0.4, 0.5) is 0 Å². The lowest BCUT2D eigenvalue weighted by Gasteiger charge is -2.30. The number of methoxy groups -OCH3 is 1. The van der Waals surface area contributed by atoms with Crippen molar-refractivity contribution in [1.82, 2.24) is 14.5 Å². The minimum Gasteiger partial charge on any atom is -0.494 e. The van der Waals surface area contributed by atoms with Gasteiger partial charge in [-0.05, 0) is 37.4 Å². The molecule has 0 radical (unpaired) electrons. The number of ether oxygens (including phenoxy) is 1. The quantitative estimate of drug-likeness (QED) is 0.812. The van der Waals surface area contributed by atoms with Gasteiger partial charge < -0.3 is 10.5 Å². The molecule has 1 heterocycles. The van der Waals surface area contributed by atoms with Gasteiger partial charge in [-0.3, -0.25) is 0 Å². The summed E-state index contributed by atoms with van der Waals surface area (Å²) in [5, 5.41) is 4.19. The van der Waals surface area contributed by atoms with Crippen molar-refractivity contribution in [2.45, 2.75) is 36.6 Å². The van der Waals surface area contributed by atoms with Crippen molar-refractivity contribution in [3.8, 4) is 11.4 Å². The average Bonchev–Trinajstić information content (AvgIpc) is 3.13. The Bertz CT molecular complexity index is 819. The maximum Gasteiger partial charge on any atom is 0.243 e. The zero-order valence-corrected chi connectivity index (χ0v) is 15.1. The Hall–Kier alpha value is -1.90. The topological polar surface area (TPSA) is 99.2 Å². The zero-order valence-electron chi connectivity index (χ0n) is 14.3. The first-order chi connectivity index (χ1) is 12.0. The molecule has 1 aliphatic rings. The maximum atomic E-state index is 12.7. The van der Waals surface area contributed by atoms with Gasteiger partial charge in [0.05, 0.1) is 19.5 Å². The summed E-state index contributed by atoms with van der Waals surface area (Å²) in [4.78, 5) is 0.139. The lowest BCUT2D eigenvalue weighted by molar-refractivity contribution is 0.296. The van der Waals surface area contributed by atoms with E-state index in [1.165, 1.54) is 17.1 Å². The molecule has 2 unspecified atom stereocenters. The number of nitrogens with one attached hydrogen (secondary N) is 1. The molecule has 0 bridgehead atoms. The van der Waals surface area contributed by atoms with E-state index in [1.807, 2.05) is 18.2 Å². The van der Waals surface area contributed by atoms with E-state index in [2.05, 4.69) is 9.82 Å². The second-order valence-corrected chi connectivity index (χ2v) is 8.01. The number of hydrogen-bond donors (Lipinski definition) is 2. The summed E-state index contributed by atoms with van der Waals surface area (Å²) < 4.78 is 35.1. The highest BCUT2D eigenvalue weighted by atomic mass is 32.2. The van der Waals surface area contributed by atoms with E-state index in [1.54, 1.807) is 13.2 Å². The first-order valence-electron chi connectivity index (χ1n) is 8.45. The number of aromatic nitrogens is 2. The smallest absolute Gasteiger partial charge is 0.243 e. The molecule has 25 heavy (non-hydrogen) atoms. The Morgan fingerprint density at radius 2 is 2.08 bits per heavy atom. The van der Waals surface area contributed by atoms with Crippen LogP contribution in [-0.2, 0) is 10.0 Å². The highest BCUT2D eigenvalue weighted by Gasteiger charge is 2.29. The summed E-state index contributed by atoms with van der Waals surface area (Å²) in [6.45, 7) is 0.494. The third-order valence-corrected chi connectivity index (χ3v) is 6.16. The molecule has 3 N–H and O–H groups in total. The second kappa shape index (κ2) is 7.55. The Morgan fingerprint density at radius 1 is 1.32 bits per heavy atom. The molecule has 1 saturated carbocycles. The fourth-order valence-electron chi connectivity index (χ4n) is 3.31. The number of benzene rings is 1. The predicted octanol–water partition coefficient (Wildman–Crippen LogP) is 1.68.